The molecule has 174 valence electrons. The van der Waals surface area contributed by atoms with E-state index in [0.717, 1.165) is 11.1 Å². The number of hydrogen-bond donors (Lipinski definition) is 2. The second kappa shape index (κ2) is 9.29. The molecule has 0 radical (unpaired) electrons. The molecule has 8 heteroatoms. The first kappa shape index (κ1) is 24.4. The van der Waals surface area contributed by atoms with Crippen molar-refractivity contribution in [2.24, 2.45) is 0 Å². The summed E-state index contributed by atoms with van der Waals surface area (Å²) in [4.78, 5) is 14.3. The van der Waals surface area contributed by atoms with E-state index in [4.69, 9.17) is 0 Å². The van der Waals surface area contributed by atoms with Crippen LogP contribution < -0.4 is 4.72 Å². The van der Waals surface area contributed by atoms with Crippen LogP contribution in [-0.4, -0.2) is 54.3 Å². The normalized spacial score (nSPS) is 19.4. The molecule has 1 aliphatic rings. The number of likely N-dealkylation sites (tertiary alicyclic amines) is 1. The van der Waals surface area contributed by atoms with Gasteiger partial charge in [0.05, 0.1) is 11.8 Å². The molecule has 1 heterocycles. The number of sulfonamides is 1. The summed E-state index contributed by atoms with van der Waals surface area (Å²) in [6.45, 7) is 6.55. The minimum atomic E-state index is -3.52. The van der Waals surface area contributed by atoms with E-state index in [9.17, 15) is 18.3 Å². The van der Waals surface area contributed by atoms with Crippen molar-refractivity contribution in [2.45, 2.75) is 58.2 Å². The Bertz CT molecular complexity index is 1100. The van der Waals surface area contributed by atoms with Crippen LogP contribution in [0.25, 0.3) is 11.1 Å². The lowest BCUT2D eigenvalue weighted by Crippen LogP contribution is -2.52. The lowest BCUT2D eigenvalue weighted by Gasteiger charge is -2.32. The highest BCUT2D eigenvalue weighted by molar-refractivity contribution is 7.89. The summed E-state index contributed by atoms with van der Waals surface area (Å²) in [5, 5.41) is 10.3. The van der Waals surface area contributed by atoms with Gasteiger partial charge in [0.15, 0.2) is 0 Å². The number of aliphatic hydroxyl groups is 1. The van der Waals surface area contributed by atoms with Gasteiger partial charge in [0.2, 0.25) is 10.0 Å². The van der Waals surface area contributed by atoms with Crippen LogP contribution in [0.5, 0.6) is 0 Å². The Morgan fingerprint density at radius 1 is 1.25 bits per heavy atom. The standard InChI is InChI=1S/C24H31FN2O4S/c1-5-32(30,31)26-20-12-13-27(23(28)24(3,4)29)21(20)15-18-10-7-11-19(22(18)25)17-9-6-8-16(2)14-17/h6-11,14,20-21,26,29H,5,12-13,15H2,1-4H3/t20-,21-/m0/s1. The van der Waals surface area contributed by atoms with Gasteiger partial charge >= 0.3 is 0 Å². The van der Waals surface area contributed by atoms with Crippen LogP contribution in [0, 0.1) is 12.7 Å². The van der Waals surface area contributed by atoms with Gasteiger partial charge in [-0.3, -0.25) is 4.79 Å². The minimum Gasteiger partial charge on any atom is -0.381 e. The second-order valence-corrected chi connectivity index (χ2v) is 10.9. The minimum absolute atomic E-state index is 0.0904. The van der Waals surface area contributed by atoms with E-state index >= 15 is 4.39 Å². The van der Waals surface area contributed by atoms with E-state index in [1.54, 1.807) is 18.2 Å². The number of carbonyl (C=O) groups excluding carboxylic acids is 1. The fourth-order valence-electron chi connectivity index (χ4n) is 4.16. The third-order valence-corrected chi connectivity index (χ3v) is 7.30. The number of nitrogens with zero attached hydrogens (tertiary/aromatic N) is 1. The van der Waals surface area contributed by atoms with Gasteiger partial charge in [-0.05, 0) is 51.7 Å². The Labute approximate surface area is 189 Å². The molecule has 32 heavy (non-hydrogen) atoms. The molecule has 6 nitrogen and oxygen atoms in total. The van der Waals surface area contributed by atoms with Crippen molar-refractivity contribution in [1.82, 2.24) is 9.62 Å². The van der Waals surface area contributed by atoms with Gasteiger partial charge in [-0.25, -0.2) is 17.5 Å². The summed E-state index contributed by atoms with van der Waals surface area (Å²) in [6.07, 6.45) is 0.523. The first-order chi connectivity index (χ1) is 14.9. The van der Waals surface area contributed by atoms with Gasteiger partial charge in [0.25, 0.3) is 5.91 Å². The molecular formula is C24H31FN2O4S. The number of rotatable bonds is 7. The second-order valence-electron chi connectivity index (χ2n) is 8.89. The lowest BCUT2D eigenvalue weighted by atomic mass is 9.95. The zero-order valence-corrected chi connectivity index (χ0v) is 19.7. The topological polar surface area (TPSA) is 86.7 Å². The van der Waals surface area contributed by atoms with Crippen LogP contribution in [0.4, 0.5) is 4.39 Å². The highest BCUT2D eigenvalue weighted by atomic mass is 32.2. The van der Waals surface area contributed by atoms with Crippen molar-refractivity contribution in [1.29, 1.82) is 0 Å². The Balaban J connectivity index is 1.98. The molecule has 2 aromatic carbocycles. The molecule has 3 rings (SSSR count). The van der Waals surface area contributed by atoms with Crippen molar-refractivity contribution in [3.8, 4) is 11.1 Å². The molecule has 1 saturated heterocycles. The molecule has 2 aromatic rings. The van der Waals surface area contributed by atoms with Crippen molar-refractivity contribution < 1.29 is 22.7 Å². The third-order valence-electron chi connectivity index (χ3n) is 5.88. The number of halogens is 1. The summed E-state index contributed by atoms with van der Waals surface area (Å²) >= 11 is 0. The zero-order valence-electron chi connectivity index (χ0n) is 18.9. The Morgan fingerprint density at radius 3 is 2.56 bits per heavy atom. The molecule has 0 unspecified atom stereocenters. The third kappa shape index (κ3) is 5.36. The Hall–Kier alpha value is -2.29. The molecule has 2 N–H and O–H groups in total. The highest BCUT2D eigenvalue weighted by Gasteiger charge is 2.43. The van der Waals surface area contributed by atoms with Crippen LogP contribution >= 0.6 is 0 Å². The number of amides is 1. The smallest absolute Gasteiger partial charge is 0.254 e. The first-order valence-corrected chi connectivity index (χ1v) is 12.5. The van der Waals surface area contributed by atoms with Crippen molar-refractivity contribution >= 4 is 15.9 Å². The lowest BCUT2D eigenvalue weighted by molar-refractivity contribution is -0.148. The van der Waals surface area contributed by atoms with E-state index in [-0.39, 0.29) is 18.7 Å². The molecule has 1 fully saturated rings. The van der Waals surface area contributed by atoms with E-state index in [2.05, 4.69) is 4.72 Å². The summed E-state index contributed by atoms with van der Waals surface area (Å²) in [7, 11) is -3.52. The van der Waals surface area contributed by atoms with Crippen LogP contribution in [0.1, 0.15) is 38.3 Å². The van der Waals surface area contributed by atoms with Gasteiger partial charge in [0, 0.05) is 18.2 Å². The largest absolute Gasteiger partial charge is 0.381 e. The summed E-state index contributed by atoms with van der Waals surface area (Å²) in [6, 6.07) is 11.5. The zero-order chi connectivity index (χ0) is 23.7. The fourth-order valence-corrected chi connectivity index (χ4v) is 5.06. The first-order valence-electron chi connectivity index (χ1n) is 10.8. The molecule has 1 aliphatic heterocycles. The molecule has 0 spiro atoms. The average Bonchev–Trinajstić information content (AvgIpc) is 3.09. The van der Waals surface area contributed by atoms with Crippen LogP contribution in [0.3, 0.4) is 0 Å². The van der Waals surface area contributed by atoms with E-state index < -0.39 is 39.4 Å². The van der Waals surface area contributed by atoms with E-state index in [0.29, 0.717) is 17.5 Å². The van der Waals surface area contributed by atoms with Crippen LogP contribution in [0.2, 0.25) is 0 Å². The SMILES string of the molecule is CCS(=O)(=O)N[C@H]1CCN(C(=O)C(C)(C)O)[C@H]1Cc1cccc(-c2cccc(C)c2)c1F. The van der Waals surface area contributed by atoms with Gasteiger partial charge in [0.1, 0.15) is 11.4 Å². The van der Waals surface area contributed by atoms with E-state index in [1.807, 2.05) is 31.2 Å². The van der Waals surface area contributed by atoms with Crippen molar-refractivity contribution in [3.63, 3.8) is 0 Å². The molecule has 0 aromatic heterocycles. The number of nitrogens with one attached hydrogen (secondary N) is 1. The molecular weight excluding hydrogens is 431 g/mol. The highest BCUT2D eigenvalue weighted by Crippen LogP contribution is 2.30. The van der Waals surface area contributed by atoms with Gasteiger partial charge in [-0.2, -0.15) is 0 Å². The summed E-state index contributed by atoms with van der Waals surface area (Å²) < 4.78 is 42.7. The quantitative estimate of drug-likeness (QED) is 0.662. The van der Waals surface area contributed by atoms with Crippen molar-refractivity contribution in [2.75, 3.05) is 12.3 Å². The number of carbonyl (C=O) groups is 1. The Morgan fingerprint density at radius 2 is 1.94 bits per heavy atom. The monoisotopic (exact) mass is 462 g/mol. The molecule has 2 atom stereocenters. The van der Waals surface area contributed by atoms with Crippen molar-refractivity contribution in [3.05, 3.63) is 59.4 Å². The van der Waals surface area contributed by atoms with E-state index in [1.165, 1.54) is 25.7 Å². The predicted molar refractivity (Wildman–Crippen MR) is 123 cm³/mol. The number of hydrogen-bond acceptors (Lipinski definition) is 4. The van der Waals surface area contributed by atoms with Gasteiger partial charge in [-0.15, -0.1) is 0 Å². The summed E-state index contributed by atoms with van der Waals surface area (Å²) in [5.74, 6) is -0.985. The number of benzene rings is 2. The molecule has 0 aliphatic carbocycles. The summed E-state index contributed by atoms with van der Waals surface area (Å²) in [5.41, 5.74) is 1.00. The van der Waals surface area contributed by atoms with Gasteiger partial charge < -0.3 is 10.0 Å². The number of aryl methyl sites for hydroxylation is 1. The maximum Gasteiger partial charge on any atom is 0.254 e. The molecule has 0 bridgehead atoms. The molecule has 0 saturated carbocycles. The van der Waals surface area contributed by atoms with Gasteiger partial charge in [-0.1, -0.05) is 48.0 Å². The maximum atomic E-state index is 15.5. The molecule has 1 amide bonds. The Kier molecular flexibility index (Phi) is 7.07. The van der Waals surface area contributed by atoms with Crippen LogP contribution in [-0.2, 0) is 21.2 Å². The fraction of sp³-hybridized carbons (Fsp3) is 0.458. The maximum absolute atomic E-state index is 15.5. The average molecular weight is 463 g/mol. The van der Waals surface area contributed by atoms with Crippen LogP contribution in [0.15, 0.2) is 42.5 Å². The predicted octanol–water partition coefficient (Wildman–Crippen LogP) is 3.02.